The molecule has 9 unspecified atom stereocenters. The summed E-state index contributed by atoms with van der Waals surface area (Å²) < 4.78 is 42.6. The van der Waals surface area contributed by atoms with Crippen LogP contribution in [-0.2, 0) is 38.0 Å². The fraction of sp³-hybridized carbons (Fsp3) is 0.968. The van der Waals surface area contributed by atoms with Crippen LogP contribution >= 0.6 is 0 Å². The third-order valence-electron chi connectivity index (χ3n) is 7.88. The average Bonchev–Trinajstić information content (AvgIpc) is 2.83. The van der Waals surface area contributed by atoms with Gasteiger partial charge >= 0.3 is 5.97 Å². The molecule has 3 heterocycles. The molecule has 0 aromatic heterocycles. The molecule has 3 rings (SSSR count). The van der Waals surface area contributed by atoms with Crippen molar-refractivity contribution in [3.63, 3.8) is 0 Å². The van der Waals surface area contributed by atoms with Crippen LogP contribution in [0.25, 0.3) is 0 Å². The Morgan fingerprint density at radius 1 is 0.725 bits per heavy atom. The first-order valence-electron chi connectivity index (χ1n) is 15.9. The summed E-state index contributed by atoms with van der Waals surface area (Å²) in [5.41, 5.74) is 0. The monoisotopic (exact) mass is 572 g/mol. The number of aliphatic hydroxyl groups is 1. The summed E-state index contributed by atoms with van der Waals surface area (Å²) in [4.78, 5) is 11.4. The third-order valence-corrected chi connectivity index (χ3v) is 7.88. The van der Waals surface area contributed by atoms with Crippen molar-refractivity contribution < 1.29 is 43.1 Å². The van der Waals surface area contributed by atoms with Crippen molar-refractivity contribution in [3.05, 3.63) is 0 Å². The van der Waals surface area contributed by atoms with Crippen LogP contribution in [0.3, 0.4) is 0 Å². The number of rotatable bonds is 15. The van der Waals surface area contributed by atoms with E-state index in [0.29, 0.717) is 25.7 Å². The summed E-state index contributed by atoms with van der Waals surface area (Å²) in [6.07, 6.45) is 8.77. The van der Waals surface area contributed by atoms with Gasteiger partial charge in [-0.05, 0) is 52.4 Å². The number of aliphatic hydroxyl groups excluding tert-OH is 1. The van der Waals surface area contributed by atoms with Crippen molar-refractivity contribution in [1.29, 1.82) is 0 Å². The van der Waals surface area contributed by atoms with Crippen LogP contribution in [0.4, 0.5) is 0 Å². The summed E-state index contributed by atoms with van der Waals surface area (Å²) in [6, 6.07) is 0. The lowest BCUT2D eigenvalue weighted by Gasteiger charge is -2.41. The normalized spacial score (nSPS) is 36.6. The van der Waals surface area contributed by atoms with E-state index in [1.807, 2.05) is 6.92 Å². The minimum Gasteiger partial charge on any atom is -0.463 e. The zero-order chi connectivity index (χ0) is 29.1. The molecule has 0 bridgehead atoms. The maximum atomic E-state index is 11.4. The lowest BCUT2D eigenvalue weighted by molar-refractivity contribution is -0.277. The standard InChI is InChI=1S/C31H56O9/c1-7-10-29-35-21(5)14-24(36-29)15-23(33)16-26-18-28(40-31(38-26)12-9-3)19-27-17-25(13-20(4)34-22(6)32)37-30(39-27)11-8-2/h20-21,23-31,33H,7-19H2,1-6H3/t20-,21+,23?,24?,25?,26?,27?,28?,29?,30?,31?/m1/s1. The van der Waals surface area contributed by atoms with Crippen molar-refractivity contribution in [1.82, 2.24) is 0 Å². The number of esters is 1. The van der Waals surface area contributed by atoms with E-state index in [1.165, 1.54) is 6.92 Å². The molecule has 0 spiro atoms. The van der Waals surface area contributed by atoms with Gasteiger partial charge < -0.3 is 38.3 Å². The zero-order valence-electron chi connectivity index (χ0n) is 25.8. The summed E-state index contributed by atoms with van der Waals surface area (Å²) in [5.74, 6) is -0.273. The highest BCUT2D eigenvalue weighted by atomic mass is 16.7. The average molecular weight is 573 g/mol. The second-order valence-electron chi connectivity index (χ2n) is 12.1. The Morgan fingerprint density at radius 3 is 1.62 bits per heavy atom. The highest BCUT2D eigenvalue weighted by Crippen LogP contribution is 2.33. The first-order chi connectivity index (χ1) is 19.2. The molecule has 1 N–H and O–H groups in total. The van der Waals surface area contributed by atoms with E-state index in [-0.39, 0.29) is 67.6 Å². The van der Waals surface area contributed by atoms with E-state index in [4.69, 9.17) is 33.2 Å². The van der Waals surface area contributed by atoms with Crippen LogP contribution in [-0.4, -0.2) is 78.8 Å². The van der Waals surface area contributed by atoms with Crippen LogP contribution in [0.2, 0.25) is 0 Å². The number of ether oxygens (including phenoxy) is 7. The van der Waals surface area contributed by atoms with Crippen LogP contribution in [0.15, 0.2) is 0 Å². The molecule has 11 atom stereocenters. The second kappa shape index (κ2) is 17.3. The lowest BCUT2D eigenvalue weighted by Crippen LogP contribution is -2.45. The highest BCUT2D eigenvalue weighted by Gasteiger charge is 2.37. The van der Waals surface area contributed by atoms with Crippen molar-refractivity contribution in [2.75, 3.05) is 0 Å². The number of hydrogen-bond acceptors (Lipinski definition) is 9. The summed E-state index contributed by atoms with van der Waals surface area (Å²) in [5, 5.41) is 11.0. The van der Waals surface area contributed by atoms with Gasteiger partial charge in [0.1, 0.15) is 6.10 Å². The molecule has 0 aromatic carbocycles. The Bertz CT molecular complexity index is 721. The van der Waals surface area contributed by atoms with Gasteiger partial charge in [-0.3, -0.25) is 4.79 Å². The number of carbonyl (C=O) groups is 1. The smallest absolute Gasteiger partial charge is 0.302 e. The molecule has 3 saturated heterocycles. The van der Waals surface area contributed by atoms with Gasteiger partial charge in [0, 0.05) is 32.6 Å². The van der Waals surface area contributed by atoms with Crippen LogP contribution in [0.1, 0.15) is 125 Å². The molecule has 0 aromatic rings. The minimum absolute atomic E-state index is 0.00480. The van der Waals surface area contributed by atoms with E-state index in [2.05, 4.69) is 27.7 Å². The number of hydrogen-bond donors (Lipinski definition) is 1. The maximum absolute atomic E-state index is 11.4. The molecule has 0 aliphatic carbocycles. The molecule has 3 aliphatic heterocycles. The Morgan fingerprint density at radius 2 is 1.15 bits per heavy atom. The van der Waals surface area contributed by atoms with Crippen molar-refractivity contribution in [2.45, 2.75) is 193 Å². The fourth-order valence-corrected chi connectivity index (χ4v) is 6.29. The molecule has 0 saturated carbocycles. The van der Waals surface area contributed by atoms with E-state index in [0.717, 1.165) is 57.8 Å². The van der Waals surface area contributed by atoms with E-state index < -0.39 is 6.10 Å². The minimum atomic E-state index is -0.510. The van der Waals surface area contributed by atoms with Crippen LogP contribution in [0, 0.1) is 0 Å². The Balaban J connectivity index is 1.56. The first-order valence-corrected chi connectivity index (χ1v) is 15.9. The quantitative estimate of drug-likeness (QED) is 0.245. The molecule has 40 heavy (non-hydrogen) atoms. The molecule has 9 heteroatoms. The summed E-state index contributed by atoms with van der Waals surface area (Å²) in [6.45, 7) is 11.8. The Hall–Kier alpha value is -0.810. The van der Waals surface area contributed by atoms with Crippen LogP contribution in [0.5, 0.6) is 0 Å². The third kappa shape index (κ3) is 11.8. The van der Waals surface area contributed by atoms with Gasteiger partial charge in [-0.2, -0.15) is 0 Å². The molecule has 3 aliphatic rings. The van der Waals surface area contributed by atoms with E-state index >= 15 is 0 Å². The van der Waals surface area contributed by atoms with Gasteiger partial charge in [-0.25, -0.2) is 0 Å². The van der Waals surface area contributed by atoms with Crippen molar-refractivity contribution in [2.24, 2.45) is 0 Å². The molecule has 234 valence electrons. The van der Waals surface area contributed by atoms with Gasteiger partial charge in [0.25, 0.3) is 0 Å². The van der Waals surface area contributed by atoms with E-state index in [1.54, 1.807) is 0 Å². The van der Waals surface area contributed by atoms with Crippen LogP contribution < -0.4 is 0 Å². The second-order valence-corrected chi connectivity index (χ2v) is 12.1. The maximum Gasteiger partial charge on any atom is 0.302 e. The molecule has 0 amide bonds. The highest BCUT2D eigenvalue weighted by molar-refractivity contribution is 5.66. The van der Waals surface area contributed by atoms with Gasteiger partial charge in [-0.1, -0.05) is 40.0 Å². The number of carbonyl (C=O) groups excluding carboxylic acids is 1. The molecule has 0 radical (unpaired) electrons. The van der Waals surface area contributed by atoms with E-state index in [9.17, 15) is 9.90 Å². The predicted molar refractivity (Wildman–Crippen MR) is 151 cm³/mol. The van der Waals surface area contributed by atoms with Gasteiger partial charge in [-0.15, -0.1) is 0 Å². The fourth-order valence-electron chi connectivity index (χ4n) is 6.29. The molecule has 9 nitrogen and oxygen atoms in total. The van der Waals surface area contributed by atoms with Crippen molar-refractivity contribution >= 4 is 5.97 Å². The van der Waals surface area contributed by atoms with Crippen molar-refractivity contribution in [3.8, 4) is 0 Å². The summed E-state index contributed by atoms with van der Waals surface area (Å²) >= 11 is 0. The topological polar surface area (TPSA) is 102 Å². The Labute approximate surface area is 241 Å². The largest absolute Gasteiger partial charge is 0.463 e. The van der Waals surface area contributed by atoms with Gasteiger partial charge in [0.15, 0.2) is 18.9 Å². The Kier molecular flexibility index (Phi) is 14.6. The zero-order valence-corrected chi connectivity index (χ0v) is 25.8. The molecular formula is C31H56O9. The SMILES string of the molecule is CCCC1OC(CC(O)CC2C[C@H](C)OC(CCC)O2)CC(CC2CC(C[C@@H](C)OC(C)=O)OC(CCC)O2)O1. The molecule has 3 fully saturated rings. The van der Waals surface area contributed by atoms with Gasteiger partial charge in [0.05, 0.1) is 42.7 Å². The molecular weight excluding hydrogens is 516 g/mol. The lowest BCUT2D eigenvalue weighted by atomic mass is 9.94. The summed E-state index contributed by atoms with van der Waals surface area (Å²) in [7, 11) is 0. The first kappa shape index (κ1) is 33.7. The predicted octanol–water partition coefficient (Wildman–Crippen LogP) is 5.78. The van der Waals surface area contributed by atoms with Gasteiger partial charge in [0.2, 0.25) is 0 Å².